The lowest BCUT2D eigenvalue weighted by Crippen LogP contribution is -2.11. The van der Waals surface area contributed by atoms with E-state index in [2.05, 4.69) is 15.4 Å². The molecule has 0 fully saturated rings. The van der Waals surface area contributed by atoms with Crippen LogP contribution in [0.15, 0.2) is 35.2 Å². The van der Waals surface area contributed by atoms with Crippen LogP contribution < -0.4 is 5.32 Å². The van der Waals surface area contributed by atoms with Crippen molar-refractivity contribution in [1.82, 2.24) is 14.6 Å². The van der Waals surface area contributed by atoms with Gasteiger partial charge in [0.1, 0.15) is 0 Å². The van der Waals surface area contributed by atoms with Crippen molar-refractivity contribution in [3.05, 3.63) is 41.7 Å². The van der Waals surface area contributed by atoms with Crippen LogP contribution in [0.2, 0.25) is 0 Å². The normalized spacial score (nSPS) is 12.0. The van der Waals surface area contributed by atoms with Gasteiger partial charge < -0.3 is 5.32 Å². The van der Waals surface area contributed by atoms with Crippen LogP contribution in [0.3, 0.4) is 0 Å². The molecular weight excluding hydrogens is 391 g/mol. The van der Waals surface area contributed by atoms with Crippen molar-refractivity contribution in [3.63, 3.8) is 0 Å². The van der Waals surface area contributed by atoms with Gasteiger partial charge in [-0.3, -0.25) is 4.79 Å². The molecule has 11 heteroatoms. The van der Waals surface area contributed by atoms with Crippen molar-refractivity contribution >= 4 is 28.7 Å². The molecule has 2 heterocycles. The fourth-order valence-electron chi connectivity index (χ4n) is 2.59. The first-order valence-electron chi connectivity index (χ1n) is 7.43. The first kappa shape index (κ1) is 19.1. The van der Waals surface area contributed by atoms with Crippen LogP contribution in [0.4, 0.5) is 27.6 Å². The van der Waals surface area contributed by atoms with Crippen LogP contribution >= 0.6 is 11.8 Å². The maximum Gasteiger partial charge on any atom is 0.418 e. The highest BCUT2D eigenvalue weighted by Gasteiger charge is 2.36. The SMILES string of the molecule is CNc1ccc(-c2c(C(F)(F)F)ccc3nc(C(F)F)nn23)cc1SC=O. The number of aromatic nitrogens is 3. The van der Waals surface area contributed by atoms with Gasteiger partial charge in [-0.15, -0.1) is 5.10 Å². The molecule has 142 valence electrons. The van der Waals surface area contributed by atoms with E-state index in [0.29, 0.717) is 16.2 Å². The molecule has 3 rings (SSSR count). The molecule has 0 unspecified atom stereocenters. The van der Waals surface area contributed by atoms with E-state index in [-0.39, 0.29) is 11.2 Å². The maximum atomic E-state index is 13.5. The van der Waals surface area contributed by atoms with Gasteiger partial charge in [0.15, 0.2) is 11.3 Å². The average Bonchev–Trinajstić information content (AvgIpc) is 3.05. The van der Waals surface area contributed by atoms with Crippen molar-refractivity contribution in [2.45, 2.75) is 17.5 Å². The number of pyridine rings is 1. The third-order valence-corrected chi connectivity index (χ3v) is 4.40. The Balaban J connectivity index is 2.33. The largest absolute Gasteiger partial charge is 0.418 e. The molecule has 1 N–H and O–H groups in total. The topological polar surface area (TPSA) is 59.3 Å². The van der Waals surface area contributed by atoms with Gasteiger partial charge in [0, 0.05) is 23.2 Å². The number of thioether (sulfide) groups is 1. The summed E-state index contributed by atoms with van der Waals surface area (Å²) in [5.41, 5.74) is -0.508. The minimum Gasteiger partial charge on any atom is -0.387 e. The minimum atomic E-state index is -4.75. The van der Waals surface area contributed by atoms with Gasteiger partial charge in [-0.1, -0.05) is 17.8 Å². The quantitative estimate of drug-likeness (QED) is 0.382. The Hall–Kier alpha value is -2.69. The van der Waals surface area contributed by atoms with E-state index >= 15 is 0 Å². The number of alkyl halides is 5. The number of fused-ring (bicyclic) bond motifs is 1. The molecule has 3 aromatic rings. The first-order chi connectivity index (χ1) is 12.8. The fraction of sp³-hybridized carbons (Fsp3) is 0.188. The van der Waals surface area contributed by atoms with Gasteiger partial charge in [0.2, 0.25) is 5.82 Å². The molecule has 0 aliphatic rings. The number of benzene rings is 1. The van der Waals surface area contributed by atoms with Gasteiger partial charge >= 0.3 is 6.18 Å². The van der Waals surface area contributed by atoms with Crippen LogP contribution in [-0.2, 0) is 11.0 Å². The summed E-state index contributed by atoms with van der Waals surface area (Å²) in [6.07, 6.45) is -7.78. The Morgan fingerprint density at radius 2 is 1.96 bits per heavy atom. The van der Waals surface area contributed by atoms with Gasteiger partial charge in [0.05, 0.1) is 11.3 Å². The van der Waals surface area contributed by atoms with Gasteiger partial charge in [0.25, 0.3) is 6.43 Å². The maximum absolute atomic E-state index is 13.5. The van der Waals surface area contributed by atoms with E-state index in [4.69, 9.17) is 0 Å². The summed E-state index contributed by atoms with van der Waals surface area (Å²) in [5, 5.41) is 6.37. The standard InChI is InChI=1S/C16H11F5N4OS/c1-22-10-4-2-8(6-11(10)27-7-26)13-9(16(19,20)21)3-5-12-23-15(14(17)18)24-25(12)13/h2-7,14,22H,1H3. The van der Waals surface area contributed by atoms with E-state index in [0.717, 1.165) is 28.4 Å². The predicted octanol–water partition coefficient (Wildman–Crippen LogP) is 4.68. The number of halogens is 5. The molecule has 0 amide bonds. The molecule has 0 bridgehead atoms. The molecule has 1 aromatic carbocycles. The molecule has 0 spiro atoms. The summed E-state index contributed by atoms with van der Waals surface area (Å²) in [4.78, 5) is 14.8. The number of rotatable bonds is 5. The lowest BCUT2D eigenvalue weighted by Gasteiger charge is -2.15. The van der Waals surface area contributed by atoms with Crippen molar-refractivity contribution < 1.29 is 26.7 Å². The highest BCUT2D eigenvalue weighted by molar-refractivity contribution is 8.12. The van der Waals surface area contributed by atoms with Crippen LogP contribution in [0.5, 0.6) is 0 Å². The molecule has 2 aromatic heterocycles. The highest BCUT2D eigenvalue weighted by Crippen LogP contribution is 2.39. The molecule has 27 heavy (non-hydrogen) atoms. The monoisotopic (exact) mass is 402 g/mol. The molecule has 0 saturated carbocycles. The van der Waals surface area contributed by atoms with Crippen molar-refractivity contribution in [2.75, 3.05) is 12.4 Å². The van der Waals surface area contributed by atoms with E-state index in [1.54, 1.807) is 7.05 Å². The summed E-state index contributed by atoms with van der Waals surface area (Å²) in [6.45, 7) is 0. The zero-order valence-electron chi connectivity index (χ0n) is 13.6. The zero-order valence-corrected chi connectivity index (χ0v) is 14.4. The molecule has 0 aliphatic heterocycles. The lowest BCUT2D eigenvalue weighted by molar-refractivity contribution is -0.137. The molecular formula is C16H11F5N4OS. The number of carbonyl (C=O) groups excluding carboxylic acids is 1. The third kappa shape index (κ3) is 3.59. The number of hydrogen-bond donors (Lipinski definition) is 1. The summed E-state index contributed by atoms with van der Waals surface area (Å²) >= 11 is 0.775. The second-order valence-corrected chi connectivity index (χ2v) is 6.18. The van der Waals surface area contributed by atoms with Crippen molar-refractivity contribution in [1.29, 1.82) is 0 Å². The average molecular weight is 402 g/mol. The summed E-state index contributed by atoms with van der Waals surface area (Å²) < 4.78 is 67.2. The van der Waals surface area contributed by atoms with Gasteiger partial charge in [-0.25, -0.2) is 18.3 Å². The van der Waals surface area contributed by atoms with Crippen LogP contribution in [0, 0.1) is 0 Å². The van der Waals surface area contributed by atoms with Gasteiger partial charge in [-0.05, 0) is 24.3 Å². The van der Waals surface area contributed by atoms with Crippen LogP contribution in [-0.4, -0.2) is 27.3 Å². The zero-order chi connectivity index (χ0) is 19.8. The van der Waals surface area contributed by atoms with Gasteiger partial charge in [-0.2, -0.15) is 13.2 Å². The third-order valence-electron chi connectivity index (χ3n) is 3.71. The van der Waals surface area contributed by atoms with E-state index < -0.39 is 29.7 Å². The number of nitrogens with one attached hydrogen (secondary N) is 1. The second kappa shape index (κ2) is 7.14. The van der Waals surface area contributed by atoms with E-state index in [9.17, 15) is 26.7 Å². The number of hydrogen-bond acceptors (Lipinski definition) is 5. The fourth-order valence-corrected chi connectivity index (χ4v) is 3.18. The number of nitrogens with zero attached hydrogens (tertiary/aromatic N) is 3. The number of carbonyl (C=O) groups is 1. The summed E-state index contributed by atoms with van der Waals surface area (Å²) in [5.74, 6) is -0.870. The van der Waals surface area contributed by atoms with Crippen LogP contribution in [0.25, 0.3) is 16.9 Å². The van der Waals surface area contributed by atoms with E-state index in [1.807, 2.05) is 0 Å². The van der Waals surface area contributed by atoms with Crippen molar-refractivity contribution in [2.24, 2.45) is 0 Å². The highest BCUT2D eigenvalue weighted by atomic mass is 32.2. The van der Waals surface area contributed by atoms with E-state index in [1.165, 1.54) is 18.2 Å². The summed E-state index contributed by atoms with van der Waals surface area (Å²) in [7, 11) is 1.60. The second-order valence-electron chi connectivity index (χ2n) is 5.31. The Kier molecular flexibility index (Phi) is 5.05. The first-order valence-corrected chi connectivity index (χ1v) is 8.31. The smallest absolute Gasteiger partial charge is 0.387 e. The molecule has 5 nitrogen and oxygen atoms in total. The Morgan fingerprint density at radius 3 is 2.56 bits per heavy atom. The lowest BCUT2D eigenvalue weighted by atomic mass is 10.0. The number of anilines is 1. The molecule has 0 atom stereocenters. The Bertz CT molecular complexity index is 1000. The molecule has 0 aliphatic carbocycles. The Morgan fingerprint density at radius 1 is 1.22 bits per heavy atom. The summed E-state index contributed by atoms with van der Waals surface area (Å²) in [6, 6.07) is 5.99. The Labute approximate surface area is 153 Å². The van der Waals surface area contributed by atoms with Crippen LogP contribution in [0.1, 0.15) is 17.8 Å². The molecule has 0 saturated heterocycles. The molecule has 0 radical (unpaired) electrons. The van der Waals surface area contributed by atoms with Crippen molar-refractivity contribution in [3.8, 4) is 11.3 Å². The predicted molar refractivity (Wildman–Crippen MR) is 90.5 cm³/mol. The minimum absolute atomic E-state index is 0.0574.